The first-order valence-corrected chi connectivity index (χ1v) is 8.73. The first-order chi connectivity index (χ1) is 11.9. The summed E-state index contributed by atoms with van der Waals surface area (Å²) in [5, 5.41) is 0. The van der Waals surface area contributed by atoms with Crippen molar-refractivity contribution in [2.75, 3.05) is 13.1 Å². The van der Waals surface area contributed by atoms with Crippen molar-refractivity contribution in [3.8, 4) is 11.5 Å². The molecule has 3 rings (SSSR count). The molecule has 0 bridgehead atoms. The van der Waals surface area contributed by atoms with E-state index in [1.54, 1.807) is 19.2 Å². The van der Waals surface area contributed by atoms with Gasteiger partial charge in [-0.2, -0.15) is 0 Å². The summed E-state index contributed by atoms with van der Waals surface area (Å²) < 4.78 is 0. The lowest BCUT2D eigenvalue weighted by molar-refractivity contribution is -0.133. The number of aromatic amines is 1. The van der Waals surface area contributed by atoms with Crippen molar-refractivity contribution in [1.29, 1.82) is 0 Å². The second kappa shape index (κ2) is 7.17. The van der Waals surface area contributed by atoms with Gasteiger partial charge in [0.05, 0.1) is 6.42 Å². The molecule has 2 unspecified atom stereocenters. The molecule has 0 radical (unpaired) electrons. The molecule has 1 amide bonds. The van der Waals surface area contributed by atoms with Crippen LogP contribution in [0.3, 0.4) is 0 Å². The highest BCUT2D eigenvalue weighted by molar-refractivity contribution is 5.79. The maximum atomic E-state index is 12.7. The van der Waals surface area contributed by atoms with Gasteiger partial charge in [0.1, 0.15) is 5.69 Å². The van der Waals surface area contributed by atoms with E-state index in [4.69, 9.17) is 0 Å². The topological polar surface area (TPSA) is 79.0 Å². The van der Waals surface area contributed by atoms with Gasteiger partial charge in [0, 0.05) is 30.5 Å². The van der Waals surface area contributed by atoms with Crippen LogP contribution >= 0.6 is 0 Å². The summed E-state index contributed by atoms with van der Waals surface area (Å²) in [6, 6.07) is 5.44. The zero-order chi connectivity index (χ0) is 18.0. The van der Waals surface area contributed by atoms with E-state index in [9.17, 15) is 9.59 Å². The maximum Gasteiger partial charge on any atom is 0.255 e. The Bertz CT molecular complexity index is 806. The molecule has 0 aliphatic carbocycles. The normalized spacial score (nSPS) is 20.5. The molecule has 3 heterocycles. The first-order valence-electron chi connectivity index (χ1n) is 8.73. The number of amides is 1. The number of likely N-dealkylation sites (tertiary alicyclic amines) is 1. The van der Waals surface area contributed by atoms with Gasteiger partial charge in [-0.15, -0.1) is 0 Å². The van der Waals surface area contributed by atoms with E-state index < -0.39 is 0 Å². The average Bonchev–Trinajstić information content (AvgIpc) is 2.57. The van der Waals surface area contributed by atoms with Crippen LogP contribution in [0.1, 0.15) is 31.5 Å². The van der Waals surface area contributed by atoms with Crippen LogP contribution in [0.15, 0.2) is 29.2 Å². The minimum atomic E-state index is -0.264. The number of carbonyl (C=O) groups excluding carboxylic acids is 1. The fraction of sp³-hybridized carbons (Fsp3) is 0.474. The lowest BCUT2D eigenvalue weighted by Crippen LogP contribution is -2.43. The quantitative estimate of drug-likeness (QED) is 0.929. The third kappa shape index (κ3) is 3.95. The number of rotatable bonds is 3. The van der Waals surface area contributed by atoms with Crippen LogP contribution in [-0.4, -0.2) is 38.8 Å². The van der Waals surface area contributed by atoms with Crippen LogP contribution < -0.4 is 5.56 Å². The minimum Gasteiger partial charge on any atom is -0.342 e. The van der Waals surface area contributed by atoms with Gasteiger partial charge in [0.2, 0.25) is 5.91 Å². The lowest BCUT2D eigenvalue weighted by Gasteiger charge is -2.35. The Morgan fingerprint density at radius 2 is 2.00 bits per heavy atom. The summed E-state index contributed by atoms with van der Waals surface area (Å²) in [6.07, 6.45) is 2.89. The number of aryl methyl sites for hydroxylation is 1. The number of nitrogens with zero attached hydrogens (tertiary/aromatic N) is 3. The van der Waals surface area contributed by atoms with Gasteiger partial charge in [0.15, 0.2) is 5.82 Å². The minimum absolute atomic E-state index is 0.000568. The number of piperidine rings is 1. The molecule has 1 fully saturated rings. The fourth-order valence-electron chi connectivity index (χ4n) is 3.57. The van der Waals surface area contributed by atoms with Crippen LogP contribution in [0.4, 0.5) is 0 Å². The molecule has 0 saturated carbocycles. The molecule has 1 aliphatic heterocycles. The molecule has 1 N–H and O–H groups in total. The summed E-state index contributed by atoms with van der Waals surface area (Å²) in [7, 11) is 0. The first kappa shape index (κ1) is 17.3. The number of pyridine rings is 1. The third-order valence-electron chi connectivity index (χ3n) is 4.68. The molecule has 1 saturated heterocycles. The predicted octanol–water partition coefficient (Wildman–Crippen LogP) is 2.19. The lowest BCUT2D eigenvalue weighted by atomic mass is 9.91. The molecular formula is C19H24N4O2. The Hall–Kier alpha value is -2.50. The van der Waals surface area contributed by atoms with Gasteiger partial charge >= 0.3 is 0 Å². The zero-order valence-corrected chi connectivity index (χ0v) is 15.0. The molecule has 0 aromatic carbocycles. The standard InChI is InChI=1S/C19H24N4O2/c1-12-8-13(2)11-23(10-12)17(24)9-15-14(3)21-18(22-19(15)25)16-6-4-5-7-20-16/h4-7,12-13H,8-11H2,1-3H3,(H,21,22,25). The van der Waals surface area contributed by atoms with Crippen LogP contribution in [-0.2, 0) is 11.2 Å². The molecule has 0 spiro atoms. The van der Waals surface area contributed by atoms with E-state index in [1.807, 2.05) is 17.0 Å². The molecule has 2 atom stereocenters. The third-order valence-corrected chi connectivity index (χ3v) is 4.68. The predicted molar refractivity (Wildman–Crippen MR) is 96.1 cm³/mol. The highest BCUT2D eigenvalue weighted by Crippen LogP contribution is 2.21. The monoisotopic (exact) mass is 340 g/mol. The number of nitrogens with one attached hydrogen (secondary N) is 1. The maximum absolute atomic E-state index is 12.7. The fourth-order valence-corrected chi connectivity index (χ4v) is 3.57. The van der Waals surface area contributed by atoms with Crippen molar-refractivity contribution in [2.45, 2.75) is 33.6 Å². The second-order valence-electron chi connectivity index (χ2n) is 7.12. The van der Waals surface area contributed by atoms with Gasteiger partial charge in [-0.05, 0) is 37.3 Å². The molecule has 6 heteroatoms. The van der Waals surface area contributed by atoms with Gasteiger partial charge in [-0.3, -0.25) is 14.6 Å². The Balaban J connectivity index is 1.81. The van der Waals surface area contributed by atoms with Crippen molar-refractivity contribution in [2.24, 2.45) is 11.8 Å². The summed E-state index contributed by atoms with van der Waals surface area (Å²) >= 11 is 0. The highest BCUT2D eigenvalue weighted by atomic mass is 16.2. The van der Waals surface area contributed by atoms with E-state index in [0.717, 1.165) is 19.5 Å². The van der Waals surface area contributed by atoms with Gasteiger partial charge in [-0.1, -0.05) is 19.9 Å². The van der Waals surface area contributed by atoms with Crippen molar-refractivity contribution in [1.82, 2.24) is 19.9 Å². The smallest absolute Gasteiger partial charge is 0.255 e. The van der Waals surface area contributed by atoms with Gasteiger partial charge < -0.3 is 9.88 Å². The Kier molecular flexibility index (Phi) is 4.97. The Morgan fingerprint density at radius 1 is 1.28 bits per heavy atom. The van der Waals surface area contributed by atoms with Crippen LogP contribution in [0.5, 0.6) is 0 Å². The Morgan fingerprint density at radius 3 is 2.60 bits per heavy atom. The summed E-state index contributed by atoms with van der Waals surface area (Å²) in [6.45, 7) is 7.62. The molecule has 2 aromatic rings. The van der Waals surface area contributed by atoms with Crippen molar-refractivity contribution >= 4 is 5.91 Å². The average molecular weight is 340 g/mol. The number of H-pyrrole nitrogens is 1. The molecule has 2 aromatic heterocycles. The summed E-state index contributed by atoms with van der Waals surface area (Å²) in [5.41, 5.74) is 1.37. The van der Waals surface area contributed by atoms with E-state index in [1.165, 1.54) is 0 Å². The zero-order valence-electron chi connectivity index (χ0n) is 15.0. The molecular weight excluding hydrogens is 316 g/mol. The SMILES string of the molecule is Cc1nc(-c2ccccn2)[nH]c(=O)c1CC(=O)N1CC(C)CC(C)C1. The van der Waals surface area contributed by atoms with Crippen molar-refractivity contribution < 1.29 is 4.79 Å². The van der Waals surface area contributed by atoms with Gasteiger partial charge in [0.25, 0.3) is 5.56 Å². The van der Waals surface area contributed by atoms with Crippen LogP contribution in [0.25, 0.3) is 11.5 Å². The number of hydrogen-bond acceptors (Lipinski definition) is 4. The summed E-state index contributed by atoms with van der Waals surface area (Å²) in [4.78, 5) is 38.4. The van der Waals surface area contributed by atoms with E-state index in [0.29, 0.717) is 34.6 Å². The van der Waals surface area contributed by atoms with Crippen molar-refractivity contribution in [3.05, 3.63) is 46.0 Å². The molecule has 1 aliphatic rings. The molecule has 25 heavy (non-hydrogen) atoms. The van der Waals surface area contributed by atoms with Gasteiger partial charge in [-0.25, -0.2) is 4.98 Å². The number of aromatic nitrogens is 3. The molecule has 132 valence electrons. The van der Waals surface area contributed by atoms with Crippen molar-refractivity contribution in [3.63, 3.8) is 0 Å². The highest BCUT2D eigenvalue weighted by Gasteiger charge is 2.26. The van der Waals surface area contributed by atoms with Crippen LogP contribution in [0.2, 0.25) is 0 Å². The van der Waals surface area contributed by atoms with Crippen LogP contribution in [0, 0.1) is 18.8 Å². The summed E-state index contributed by atoms with van der Waals surface area (Å²) in [5.74, 6) is 1.42. The largest absolute Gasteiger partial charge is 0.342 e. The van der Waals surface area contributed by atoms with E-state index in [2.05, 4.69) is 28.8 Å². The number of carbonyl (C=O) groups is 1. The number of hydrogen-bond donors (Lipinski definition) is 1. The molecule has 6 nitrogen and oxygen atoms in total. The van der Waals surface area contributed by atoms with E-state index in [-0.39, 0.29) is 17.9 Å². The Labute approximate surface area is 147 Å². The second-order valence-corrected chi connectivity index (χ2v) is 7.12. The van der Waals surface area contributed by atoms with E-state index >= 15 is 0 Å².